The lowest BCUT2D eigenvalue weighted by molar-refractivity contribution is -0.134. The van der Waals surface area contributed by atoms with Gasteiger partial charge in [-0.15, -0.1) is 16.9 Å². The standard InChI is InChI=1S/C23H26N4O4S/c1-14(2)15-10-16(19(29)11-18(15)28)23-17-12-26(22(30)13-27(17)25-24-23)8-9-31-20-6-4-5-7-21(20)32-3/h4-7,10-11,14,28-29H,8-9,12-13H2,1-3H3. The maximum absolute atomic E-state index is 12.6. The van der Waals surface area contributed by atoms with Gasteiger partial charge in [-0.2, -0.15) is 0 Å². The monoisotopic (exact) mass is 454 g/mol. The molecule has 0 bridgehead atoms. The highest BCUT2D eigenvalue weighted by Crippen LogP contribution is 2.38. The van der Waals surface area contributed by atoms with Crippen LogP contribution in [-0.2, 0) is 17.9 Å². The summed E-state index contributed by atoms with van der Waals surface area (Å²) in [5, 5.41) is 29.0. The minimum atomic E-state index is -0.0735. The van der Waals surface area contributed by atoms with E-state index in [4.69, 9.17) is 4.74 Å². The molecule has 0 aliphatic carbocycles. The molecule has 32 heavy (non-hydrogen) atoms. The quantitative estimate of drug-likeness (QED) is 0.526. The van der Waals surface area contributed by atoms with E-state index in [1.54, 1.807) is 27.4 Å². The Balaban J connectivity index is 1.54. The number of para-hydroxylation sites is 1. The summed E-state index contributed by atoms with van der Waals surface area (Å²) in [6.45, 7) is 5.11. The second kappa shape index (κ2) is 9.12. The molecule has 1 aliphatic rings. The van der Waals surface area contributed by atoms with Crippen molar-refractivity contribution >= 4 is 17.7 Å². The van der Waals surface area contributed by atoms with E-state index in [1.165, 1.54) is 6.07 Å². The number of thioether (sulfide) groups is 1. The third-order valence-corrected chi connectivity index (χ3v) is 6.30. The van der Waals surface area contributed by atoms with Gasteiger partial charge in [0.2, 0.25) is 5.91 Å². The molecule has 0 saturated heterocycles. The minimum Gasteiger partial charge on any atom is -0.508 e. The van der Waals surface area contributed by atoms with Crippen molar-refractivity contribution in [3.63, 3.8) is 0 Å². The Morgan fingerprint density at radius 3 is 2.69 bits per heavy atom. The fourth-order valence-corrected chi connectivity index (χ4v) is 4.32. The molecule has 4 rings (SSSR count). The fourth-order valence-electron chi connectivity index (χ4n) is 3.78. The van der Waals surface area contributed by atoms with Crippen molar-refractivity contribution < 1.29 is 19.7 Å². The molecule has 3 aromatic rings. The number of benzene rings is 2. The van der Waals surface area contributed by atoms with E-state index < -0.39 is 0 Å². The fraction of sp³-hybridized carbons (Fsp3) is 0.348. The van der Waals surface area contributed by atoms with E-state index in [0.29, 0.717) is 36.5 Å². The summed E-state index contributed by atoms with van der Waals surface area (Å²) in [5.41, 5.74) is 2.46. The maximum atomic E-state index is 12.6. The van der Waals surface area contributed by atoms with Crippen molar-refractivity contribution in [3.8, 4) is 28.5 Å². The normalized spacial score (nSPS) is 13.5. The third-order valence-electron chi connectivity index (χ3n) is 5.53. The third kappa shape index (κ3) is 4.25. The topological polar surface area (TPSA) is 101 Å². The number of phenolic OH excluding ortho intramolecular Hbond substituents is 2. The molecule has 0 atom stereocenters. The predicted octanol–water partition coefficient (Wildman–Crippen LogP) is 3.62. The molecular formula is C23H26N4O4S. The Kier molecular flexibility index (Phi) is 6.27. The zero-order chi connectivity index (χ0) is 22.8. The molecule has 8 nitrogen and oxygen atoms in total. The lowest BCUT2D eigenvalue weighted by Crippen LogP contribution is -2.41. The number of hydrogen-bond acceptors (Lipinski definition) is 7. The number of amides is 1. The highest BCUT2D eigenvalue weighted by Gasteiger charge is 2.29. The first-order valence-corrected chi connectivity index (χ1v) is 11.6. The average molecular weight is 455 g/mol. The van der Waals surface area contributed by atoms with Gasteiger partial charge in [0, 0.05) is 16.5 Å². The van der Waals surface area contributed by atoms with Crippen LogP contribution >= 0.6 is 11.8 Å². The highest BCUT2D eigenvalue weighted by molar-refractivity contribution is 7.98. The average Bonchev–Trinajstić information content (AvgIpc) is 3.16. The first-order chi connectivity index (χ1) is 15.4. The first-order valence-electron chi connectivity index (χ1n) is 10.4. The van der Waals surface area contributed by atoms with Crippen molar-refractivity contribution in [2.24, 2.45) is 0 Å². The maximum Gasteiger partial charge on any atom is 0.244 e. The van der Waals surface area contributed by atoms with Crippen LogP contribution in [0.3, 0.4) is 0 Å². The molecule has 0 radical (unpaired) electrons. The van der Waals surface area contributed by atoms with Crippen LogP contribution in [0.25, 0.3) is 11.3 Å². The summed E-state index contributed by atoms with van der Waals surface area (Å²) in [7, 11) is 0. The molecule has 1 aromatic heterocycles. The van der Waals surface area contributed by atoms with E-state index in [0.717, 1.165) is 16.3 Å². The van der Waals surface area contributed by atoms with Crippen LogP contribution in [0, 0.1) is 0 Å². The molecule has 0 unspecified atom stereocenters. The molecular weight excluding hydrogens is 428 g/mol. The minimum absolute atomic E-state index is 0.0433. The lowest BCUT2D eigenvalue weighted by Gasteiger charge is -2.27. The molecule has 2 N–H and O–H groups in total. The Morgan fingerprint density at radius 2 is 1.94 bits per heavy atom. The van der Waals surface area contributed by atoms with Crippen molar-refractivity contribution in [3.05, 3.63) is 47.7 Å². The Bertz CT molecular complexity index is 1150. The Labute approximate surface area is 190 Å². The van der Waals surface area contributed by atoms with Gasteiger partial charge in [0.15, 0.2) is 0 Å². The van der Waals surface area contributed by atoms with Gasteiger partial charge in [0.05, 0.1) is 18.8 Å². The summed E-state index contributed by atoms with van der Waals surface area (Å²) in [6, 6.07) is 10.9. The number of hydrogen-bond donors (Lipinski definition) is 2. The van der Waals surface area contributed by atoms with Crippen LogP contribution in [0.2, 0.25) is 0 Å². The highest BCUT2D eigenvalue weighted by atomic mass is 32.2. The largest absolute Gasteiger partial charge is 0.508 e. The van der Waals surface area contributed by atoms with Crippen molar-refractivity contribution in [1.82, 2.24) is 19.9 Å². The Hall–Kier alpha value is -3.20. The number of aromatic nitrogens is 3. The molecule has 2 aromatic carbocycles. The van der Waals surface area contributed by atoms with Crippen LogP contribution in [-0.4, -0.2) is 55.4 Å². The molecule has 1 amide bonds. The predicted molar refractivity (Wildman–Crippen MR) is 122 cm³/mol. The van der Waals surface area contributed by atoms with Gasteiger partial charge >= 0.3 is 0 Å². The molecule has 168 valence electrons. The number of rotatable bonds is 7. The number of fused-ring (bicyclic) bond motifs is 1. The summed E-state index contributed by atoms with van der Waals surface area (Å²) in [4.78, 5) is 15.4. The van der Waals surface area contributed by atoms with E-state index in [1.807, 2.05) is 44.4 Å². The molecule has 1 aliphatic heterocycles. The summed E-state index contributed by atoms with van der Waals surface area (Å²) in [6.07, 6.45) is 2.00. The number of nitrogens with zero attached hydrogens (tertiary/aromatic N) is 4. The lowest BCUT2D eigenvalue weighted by atomic mass is 9.97. The zero-order valence-electron chi connectivity index (χ0n) is 18.3. The van der Waals surface area contributed by atoms with Crippen LogP contribution in [0.4, 0.5) is 0 Å². The zero-order valence-corrected chi connectivity index (χ0v) is 19.1. The van der Waals surface area contributed by atoms with Crippen LogP contribution in [0.1, 0.15) is 31.0 Å². The van der Waals surface area contributed by atoms with E-state index in [9.17, 15) is 15.0 Å². The number of phenols is 2. The van der Waals surface area contributed by atoms with Crippen LogP contribution in [0.15, 0.2) is 41.3 Å². The van der Waals surface area contributed by atoms with Crippen molar-refractivity contribution in [1.29, 1.82) is 0 Å². The first kappa shape index (κ1) is 22.0. The van der Waals surface area contributed by atoms with Gasteiger partial charge in [0.1, 0.15) is 36.1 Å². The second-order valence-electron chi connectivity index (χ2n) is 7.94. The SMILES string of the molecule is CSc1ccccc1OCCN1Cc2c(-c3cc(C(C)C)c(O)cc3O)nnn2CC1=O. The summed E-state index contributed by atoms with van der Waals surface area (Å²) < 4.78 is 7.49. The smallest absolute Gasteiger partial charge is 0.244 e. The van der Waals surface area contributed by atoms with Crippen LogP contribution in [0.5, 0.6) is 17.2 Å². The number of aromatic hydroxyl groups is 2. The van der Waals surface area contributed by atoms with E-state index in [2.05, 4.69) is 10.3 Å². The molecule has 0 saturated carbocycles. The number of carbonyl (C=O) groups excluding carboxylic acids is 1. The molecule has 9 heteroatoms. The van der Waals surface area contributed by atoms with E-state index in [-0.39, 0.29) is 29.9 Å². The van der Waals surface area contributed by atoms with E-state index >= 15 is 0 Å². The van der Waals surface area contributed by atoms with Gasteiger partial charge in [-0.25, -0.2) is 4.68 Å². The van der Waals surface area contributed by atoms with Gasteiger partial charge < -0.3 is 19.8 Å². The summed E-state index contributed by atoms with van der Waals surface area (Å²) >= 11 is 1.61. The second-order valence-corrected chi connectivity index (χ2v) is 8.79. The molecule has 2 heterocycles. The van der Waals surface area contributed by atoms with Gasteiger partial charge in [-0.05, 0) is 35.9 Å². The summed E-state index contributed by atoms with van der Waals surface area (Å²) in [5.74, 6) is 0.776. The molecule has 0 spiro atoms. The van der Waals surface area contributed by atoms with Gasteiger partial charge in [-0.1, -0.05) is 31.2 Å². The number of carbonyl (C=O) groups is 1. The van der Waals surface area contributed by atoms with Crippen LogP contribution < -0.4 is 4.74 Å². The van der Waals surface area contributed by atoms with Gasteiger partial charge in [-0.3, -0.25) is 4.79 Å². The number of ether oxygens (including phenoxy) is 1. The molecule has 0 fully saturated rings. The Morgan fingerprint density at radius 1 is 1.16 bits per heavy atom. The van der Waals surface area contributed by atoms with Crippen molar-refractivity contribution in [2.45, 2.75) is 37.8 Å². The van der Waals surface area contributed by atoms with Gasteiger partial charge in [0.25, 0.3) is 0 Å². The van der Waals surface area contributed by atoms with Crippen molar-refractivity contribution in [2.75, 3.05) is 19.4 Å².